The van der Waals surface area contributed by atoms with Gasteiger partial charge in [0.25, 0.3) is 0 Å². The Kier molecular flexibility index (Phi) is 4.58. The molecule has 0 atom stereocenters. The van der Waals surface area contributed by atoms with Gasteiger partial charge in [-0.2, -0.15) is 0 Å². The fraction of sp³-hybridized carbons (Fsp3) is 0.133. The average Bonchev–Trinajstić information content (AvgIpc) is 2.47. The summed E-state index contributed by atoms with van der Waals surface area (Å²) in [7, 11) is 1.56. The second-order valence-corrected chi connectivity index (χ2v) is 4.46. The Bertz CT molecular complexity index is 581. The van der Waals surface area contributed by atoms with Crippen molar-refractivity contribution in [3.05, 3.63) is 59.7 Å². The number of methoxy groups -OCH3 is 1. The standard InChI is InChI=1S/C15H13BrO3/c1-18-13-6-3-5-12(9-13)15(17)19-14-7-2-4-11(8-14)10-16/h2-9H,10H2,1H3. The minimum absolute atomic E-state index is 0.398. The van der Waals surface area contributed by atoms with Crippen LogP contribution in [0.2, 0.25) is 0 Å². The molecule has 0 N–H and O–H groups in total. The minimum Gasteiger partial charge on any atom is -0.497 e. The van der Waals surface area contributed by atoms with Crippen LogP contribution in [-0.2, 0) is 5.33 Å². The molecule has 0 amide bonds. The zero-order valence-electron chi connectivity index (χ0n) is 10.4. The summed E-state index contributed by atoms with van der Waals surface area (Å²) in [6.07, 6.45) is 0. The van der Waals surface area contributed by atoms with Crippen molar-refractivity contribution < 1.29 is 14.3 Å². The lowest BCUT2D eigenvalue weighted by Crippen LogP contribution is -2.08. The van der Waals surface area contributed by atoms with Gasteiger partial charge in [0.15, 0.2) is 0 Å². The highest BCUT2D eigenvalue weighted by Gasteiger charge is 2.09. The summed E-state index contributed by atoms with van der Waals surface area (Å²) in [4.78, 5) is 12.0. The Labute approximate surface area is 120 Å². The van der Waals surface area contributed by atoms with Crippen molar-refractivity contribution in [3.63, 3.8) is 0 Å². The van der Waals surface area contributed by atoms with E-state index in [2.05, 4.69) is 15.9 Å². The number of halogens is 1. The highest BCUT2D eigenvalue weighted by atomic mass is 79.9. The van der Waals surface area contributed by atoms with Crippen LogP contribution in [0.3, 0.4) is 0 Å². The summed E-state index contributed by atoms with van der Waals surface area (Å²) >= 11 is 3.36. The molecule has 0 aliphatic rings. The Morgan fingerprint density at radius 2 is 1.84 bits per heavy atom. The summed E-state index contributed by atoms with van der Waals surface area (Å²) in [6.45, 7) is 0. The van der Waals surface area contributed by atoms with Crippen LogP contribution in [0.5, 0.6) is 11.5 Å². The monoisotopic (exact) mass is 320 g/mol. The van der Waals surface area contributed by atoms with Gasteiger partial charge in [-0.15, -0.1) is 0 Å². The van der Waals surface area contributed by atoms with Gasteiger partial charge in [-0.1, -0.05) is 34.1 Å². The summed E-state index contributed by atoms with van der Waals surface area (Å²) in [5.41, 5.74) is 1.51. The maximum atomic E-state index is 12.0. The highest BCUT2D eigenvalue weighted by molar-refractivity contribution is 9.08. The number of hydrogen-bond donors (Lipinski definition) is 0. The number of ether oxygens (including phenoxy) is 2. The van der Waals surface area contributed by atoms with Crippen LogP contribution in [0.4, 0.5) is 0 Å². The van der Waals surface area contributed by atoms with E-state index < -0.39 is 5.97 Å². The van der Waals surface area contributed by atoms with Crippen LogP contribution in [0, 0.1) is 0 Å². The summed E-state index contributed by atoms with van der Waals surface area (Å²) in [5, 5.41) is 0.720. The zero-order valence-corrected chi connectivity index (χ0v) is 12.0. The Hall–Kier alpha value is -1.81. The van der Waals surface area contributed by atoms with Crippen molar-refractivity contribution in [1.29, 1.82) is 0 Å². The fourth-order valence-electron chi connectivity index (χ4n) is 1.61. The van der Waals surface area contributed by atoms with Crippen LogP contribution in [0.1, 0.15) is 15.9 Å². The molecular formula is C15H13BrO3. The largest absolute Gasteiger partial charge is 0.497 e. The lowest BCUT2D eigenvalue weighted by Gasteiger charge is -2.06. The molecular weight excluding hydrogens is 308 g/mol. The predicted octanol–water partition coefficient (Wildman–Crippen LogP) is 3.81. The highest BCUT2D eigenvalue weighted by Crippen LogP contribution is 2.18. The van der Waals surface area contributed by atoms with Crippen molar-refractivity contribution in [2.45, 2.75) is 5.33 Å². The van der Waals surface area contributed by atoms with Gasteiger partial charge in [-0.3, -0.25) is 0 Å². The summed E-state index contributed by atoms with van der Waals surface area (Å²) < 4.78 is 10.4. The number of alkyl halides is 1. The molecule has 0 bridgehead atoms. The molecule has 0 saturated heterocycles. The van der Waals surface area contributed by atoms with Gasteiger partial charge < -0.3 is 9.47 Å². The van der Waals surface area contributed by atoms with Gasteiger partial charge in [-0.05, 0) is 35.9 Å². The van der Waals surface area contributed by atoms with Gasteiger partial charge in [0, 0.05) is 5.33 Å². The number of benzene rings is 2. The molecule has 0 spiro atoms. The van der Waals surface area contributed by atoms with E-state index in [0.29, 0.717) is 17.1 Å². The summed E-state index contributed by atoms with van der Waals surface area (Å²) in [5.74, 6) is 0.763. The van der Waals surface area contributed by atoms with Crippen LogP contribution in [-0.4, -0.2) is 13.1 Å². The molecule has 0 aliphatic heterocycles. The lowest BCUT2D eigenvalue weighted by molar-refractivity contribution is 0.0734. The van der Waals surface area contributed by atoms with E-state index in [-0.39, 0.29) is 0 Å². The number of carbonyl (C=O) groups is 1. The number of hydrogen-bond acceptors (Lipinski definition) is 3. The molecule has 0 heterocycles. The first kappa shape index (κ1) is 13.6. The molecule has 2 aromatic carbocycles. The maximum absolute atomic E-state index is 12.0. The number of esters is 1. The van der Waals surface area contributed by atoms with Gasteiger partial charge in [-0.25, -0.2) is 4.79 Å². The Morgan fingerprint density at radius 3 is 2.58 bits per heavy atom. The quantitative estimate of drug-likeness (QED) is 0.488. The fourth-order valence-corrected chi connectivity index (χ4v) is 1.96. The molecule has 4 heteroatoms. The zero-order chi connectivity index (χ0) is 13.7. The molecule has 3 nitrogen and oxygen atoms in total. The van der Waals surface area contributed by atoms with Gasteiger partial charge in [0.05, 0.1) is 12.7 Å². The maximum Gasteiger partial charge on any atom is 0.343 e. The van der Waals surface area contributed by atoms with Crippen molar-refractivity contribution in [2.75, 3.05) is 7.11 Å². The molecule has 0 aliphatic carbocycles. The second-order valence-electron chi connectivity index (χ2n) is 3.90. The normalized spacial score (nSPS) is 10.0. The molecule has 19 heavy (non-hydrogen) atoms. The minimum atomic E-state index is -0.398. The van der Waals surface area contributed by atoms with Crippen molar-refractivity contribution in [3.8, 4) is 11.5 Å². The van der Waals surface area contributed by atoms with E-state index in [9.17, 15) is 4.79 Å². The lowest BCUT2D eigenvalue weighted by atomic mass is 10.2. The van der Waals surface area contributed by atoms with E-state index in [1.54, 1.807) is 37.4 Å². The molecule has 98 valence electrons. The molecule has 0 saturated carbocycles. The molecule has 0 fully saturated rings. The van der Waals surface area contributed by atoms with Crippen LogP contribution >= 0.6 is 15.9 Å². The third-order valence-electron chi connectivity index (χ3n) is 2.57. The van der Waals surface area contributed by atoms with E-state index in [4.69, 9.17) is 9.47 Å². The second kappa shape index (κ2) is 6.38. The van der Waals surface area contributed by atoms with Crippen molar-refractivity contribution in [2.24, 2.45) is 0 Å². The molecule has 0 unspecified atom stereocenters. The van der Waals surface area contributed by atoms with Crippen molar-refractivity contribution in [1.82, 2.24) is 0 Å². The predicted molar refractivity (Wildman–Crippen MR) is 77.0 cm³/mol. The smallest absolute Gasteiger partial charge is 0.343 e. The first-order valence-electron chi connectivity index (χ1n) is 5.74. The van der Waals surface area contributed by atoms with Gasteiger partial charge >= 0.3 is 5.97 Å². The van der Waals surface area contributed by atoms with Gasteiger partial charge in [0.1, 0.15) is 11.5 Å². The first-order valence-corrected chi connectivity index (χ1v) is 6.86. The van der Waals surface area contributed by atoms with Crippen LogP contribution in [0.15, 0.2) is 48.5 Å². The van der Waals surface area contributed by atoms with E-state index in [0.717, 1.165) is 10.9 Å². The molecule has 0 radical (unpaired) electrons. The number of carbonyl (C=O) groups excluding carboxylic acids is 1. The van der Waals surface area contributed by atoms with Crippen LogP contribution in [0.25, 0.3) is 0 Å². The van der Waals surface area contributed by atoms with Crippen LogP contribution < -0.4 is 9.47 Å². The summed E-state index contributed by atoms with van der Waals surface area (Å²) in [6, 6.07) is 14.3. The SMILES string of the molecule is COc1cccc(C(=O)Oc2cccc(CBr)c2)c1. The third kappa shape index (κ3) is 3.58. The topological polar surface area (TPSA) is 35.5 Å². The van der Waals surface area contributed by atoms with E-state index in [1.807, 2.05) is 18.2 Å². The average molecular weight is 321 g/mol. The molecule has 2 rings (SSSR count). The number of rotatable bonds is 4. The van der Waals surface area contributed by atoms with E-state index in [1.165, 1.54) is 0 Å². The van der Waals surface area contributed by atoms with Crippen molar-refractivity contribution >= 4 is 21.9 Å². The first-order chi connectivity index (χ1) is 9.22. The third-order valence-corrected chi connectivity index (χ3v) is 3.22. The molecule has 0 aromatic heterocycles. The Morgan fingerprint density at radius 1 is 1.11 bits per heavy atom. The van der Waals surface area contributed by atoms with E-state index >= 15 is 0 Å². The molecule has 2 aromatic rings. The Balaban J connectivity index is 2.15. The van der Waals surface area contributed by atoms with Gasteiger partial charge in [0.2, 0.25) is 0 Å².